The summed E-state index contributed by atoms with van der Waals surface area (Å²) in [5.74, 6) is -0.833. The van der Waals surface area contributed by atoms with Crippen molar-refractivity contribution in [3.05, 3.63) is 0 Å². The highest BCUT2D eigenvalue weighted by atomic mass is 79.9. The van der Waals surface area contributed by atoms with Crippen molar-refractivity contribution in [2.75, 3.05) is 0 Å². The molecule has 48 valence electrons. The molecule has 0 unspecified atom stereocenters. The van der Waals surface area contributed by atoms with Crippen molar-refractivity contribution in [2.24, 2.45) is 0 Å². The SMILES string of the molecule is Br.CC(=O)O.N.N. The number of hydrogen-bond acceptors (Lipinski definition) is 3. The van der Waals surface area contributed by atoms with Gasteiger partial charge in [0, 0.05) is 6.92 Å². The molecule has 0 aromatic rings. The molecule has 0 saturated heterocycles. The van der Waals surface area contributed by atoms with Crippen LogP contribution in [0.25, 0.3) is 0 Å². The van der Waals surface area contributed by atoms with Crippen LogP contribution in [-0.4, -0.2) is 11.1 Å². The van der Waals surface area contributed by atoms with Crippen molar-refractivity contribution in [2.45, 2.75) is 6.92 Å². The molecule has 0 spiro atoms. The highest BCUT2D eigenvalue weighted by Crippen LogP contribution is 1.42. The molecular formula is C2H11BrN2O2. The van der Waals surface area contributed by atoms with Gasteiger partial charge in [0.2, 0.25) is 0 Å². The monoisotopic (exact) mass is 174 g/mol. The van der Waals surface area contributed by atoms with E-state index in [1.54, 1.807) is 0 Å². The van der Waals surface area contributed by atoms with Crippen LogP contribution in [0.15, 0.2) is 0 Å². The van der Waals surface area contributed by atoms with Crippen LogP contribution in [0, 0.1) is 0 Å². The van der Waals surface area contributed by atoms with Crippen molar-refractivity contribution in [1.29, 1.82) is 0 Å². The van der Waals surface area contributed by atoms with E-state index in [-0.39, 0.29) is 29.3 Å². The van der Waals surface area contributed by atoms with Gasteiger partial charge in [-0.15, -0.1) is 17.0 Å². The maximum absolute atomic E-state index is 9.00. The summed E-state index contributed by atoms with van der Waals surface area (Å²) in [5, 5.41) is 7.42. The zero-order valence-electron chi connectivity index (χ0n) is 4.18. The van der Waals surface area contributed by atoms with Gasteiger partial charge in [0.05, 0.1) is 0 Å². The summed E-state index contributed by atoms with van der Waals surface area (Å²) < 4.78 is 0. The predicted octanol–water partition coefficient (Wildman–Crippen LogP) is 0.993. The molecule has 0 aliphatic heterocycles. The van der Waals surface area contributed by atoms with Crippen LogP contribution in [0.4, 0.5) is 0 Å². The topological polar surface area (TPSA) is 107 Å². The Balaban J connectivity index is -0.0000000150. The summed E-state index contributed by atoms with van der Waals surface area (Å²) in [6.45, 7) is 1.08. The fraction of sp³-hybridized carbons (Fsp3) is 0.500. The summed E-state index contributed by atoms with van der Waals surface area (Å²) in [5.41, 5.74) is 0. The molecule has 0 saturated carbocycles. The van der Waals surface area contributed by atoms with E-state index in [4.69, 9.17) is 9.90 Å². The second kappa shape index (κ2) is 16.9. The number of carboxylic acids is 1. The molecule has 0 aliphatic rings. The minimum Gasteiger partial charge on any atom is -0.481 e. The average molecular weight is 175 g/mol. The Labute approximate surface area is 52.8 Å². The predicted molar refractivity (Wildman–Crippen MR) is 33.7 cm³/mol. The molecule has 5 heteroatoms. The summed E-state index contributed by atoms with van der Waals surface area (Å²) >= 11 is 0. The number of halogens is 1. The molecule has 0 rings (SSSR count). The molecule has 0 fully saturated rings. The third-order valence-corrected chi connectivity index (χ3v) is 0. The van der Waals surface area contributed by atoms with Gasteiger partial charge in [0.15, 0.2) is 0 Å². The Morgan fingerprint density at radius 1 is 1.43 bits per heavy atom. The molecule has 0 atom stereocenters. The van der Waals surface area contributed by atoms with E-state index in [0.717, 1.165) is 6.92 Å². The van der Waals surface area contributed by atoms with E-state index in [9.17, 15) is 0 Å². The van der Waals surface area contributed by atoms with Crippen LogP contribution in [-0.2, 0) is 4.79 Å². The maximum Gasteiger partial charge on any atom is 0.300 e. The molecular weight excluding hydrogens is 164 g/mol. The van der Waals surface area contributed by atoms with Crippen molar-refractivity contribution < 1.29 is 9.90 Å². The van der Waals surface area contributed by atoms with Crippen molar-refractivity contribution in [3.8, 4) is 0 Å². The Bertz CT molecular complexity index is 36.7. The smallest absolute Gasteiger partial charge is 0.300 e. The lowest BCUT2D eigenvalue weighted by Crippen LogP contribution is -1.78. The molecule has 0 bridgehead atoms. The Kier molecular flexibility index (Phi) is 69.4. The third-order valence-electron chi connectivity index (χ3n) is 0. The van der Waals surface area contributed by atoms with Crippen LogP contribution < -0.4 is 12.3 Å². The van der Waals surface area contributed by atoms with E-state index in [0.29, 0.717) is 0 Å². The van der Waals surface area contributed by atoms with Crippen molar-refractivity contribution >= 4 is 23.0 Å². The second-order valence-electron chi connectivity index (χ2n) is 0.519. The van der Waals surface area contributed by atoms with E-state index in [1.807, 2.05) is 0 Å². The highest BCUT2D eigenvalue weighted by molar-refractivity contribution is 8.93. The van der Waals surface area contributed by atoms with E-state index in [1.165, 1.54) is 0 Å². The fourth-order valence-corrected chi connectivity index (χ4v) is 0. The van der Waals surface area contributed by atoms with Gasteiger partial charge in [-0.3, -0.25) is 4.79 Å². The number of hydrogen-bond donors (Lipinski definition) is 3. The molecule has 0 aliphatic carbocycles. The average Bonchev–Trinajstić information content (AvgIpc) is 0.811. The lowest BCUT2D eigenvalue weighted by atomic mass is 10.9. The van der Waals surface area contributed by atoms with Gasteiger partial charge in [-0.25, -0.2) is 0 Å². The number of rotatable bonds is 0. The molecule has 0 amide bonds. The first-order chi connectivity index (χ1) is 1.73. The summed E-state index contributed by atoms with van der Waals surface area (Å²) in [4.78, 5) is 9.00. The Morgan fingerprint density at radius 2 is 1.43 bits per heavy atom. The number of carboxylic acid groups (broad SMARTS) is 1. The molecule has 0 aromatic carbocycles. The molecule has 0 heterocycles. The molecule has 0 radical (unpaired) electrons. The Hall–Kier alpha value is -0.130. The summed E-state index contributed by atoms with van der Waals surface area (Å²) in [6.07, 6.45) is 0. The number of aliphatic carboxylic acids is 1. The maximum atomic E-state index is 9.00. The van der Waals surface area contributed by atoms with Crippen LogP contribution >= 0.6 is 17.0 Å². The van der Waals surface area contributed by atoms with Gasteiger partial charge in [0.25, 0.3) is 5.97 Å². The zero-order chi connectivity index (χ0) is 3.58. The third kappa shape index (κ3) is 5200. The fourth-order valence-electron chi connectivity index (χ4n) is 0. The second-order valence-corrected chi connectivity index (χ2v) is 0.519. The highest BCUT2D eigenvalue weighted by Gasteiger charge is 1.65. The van der Waals surface area contributed by atoms with Crippen LogP contribution in [0.1, 0.15) is 6.92 Å². The lowest BCUT2D eigenvalue weighted by Gasteiger charge is -1.59. The standard InChI is InChI=1S/C2H4O2.BrH.2H3N/c1-2(3)4;;;/h1H3,(H,3,4);1H;2*1H3. The van der Waals surface area contributed by atoms with Crippen molar-refractivity contribution in [1.82, 2.24) is 12.3 Å². The zero-order valence-corrected chi connectivity index (χ0v) is 5.89. The largest absolute Gasteiger partial charge is 0.481 e. The minimum absolute atomic E-state index is 0. The van der Waals surface area contributed by atoms with Gasteiger partial charge < -0.3 is 17.4 Å². The first-order valence-corrected chi connectivity index (χ1v) is 0.928. The van der Waals surface area contributed by atoms with Crippen molar-refractivity contribution in [3.63, 3.8) is 0 Å². The van der Waals surface area contributed by atoms with Gasteiger partial charge in [-0.2, -0.15) is 0 Å². The molecule has 7 N–H and O–H groups in total. The van der Waals surface area contributed by atoms with Gasteiger partial charge in [-0.05, 0) is 0 Å². The quantitative estimate of drug-likeness (QED) is 0.510. The summed E-state index contributed by atoms with van der Waals surface area (Å²) in [6, 6.07) is 0. The molecule has 4 nitrogen and oxygen atoms in total. The minimum atomic E-state index is -0.833. The molecule has 0 aromatic heterocycles. The Morgan fingerprint density at radius 3 is 1.43 bits per heavy atom. The number of carbonyl (C=O) groups is 1. The normalized spacial score (nSPS) is 3.57. The van der Waals surface area contributed by atoms with Gasteiger partial charge in [-0.1, -0.05) is 0 Å². The van der Waals surface area contributed by atoms with Crippen LogP contribution in [0.2, 0.25) is 0 Å². The van der Waals surface area contributed by atoms with Crippen LogP contribution in [0.3, 0.4) is 0 Å². The first kappa shape index (κ1) is 28.7. The van der Waals surface area contributed by atoms with Gasteiger partial charge in [0.1, 0.15) is 0 Å². The molecule has 7 heavy (non-hydrogen) atoms. The van der Waals surface area contributed by atoms with E-state index < -0.39 is 5.97 Å². The van der Waals surface area contributed by atoms with E-state index in [2.05, 4.69) is 0 Å². The lowest BCUT2D eigenvalue weighted by molar-refractivity contribution is -0.134. The van der Waals surface area contributed by atoms with Gasteiger partial charge >= 0.3 is 0 Å². The van der Waals surface area contributed by atoms with Crippen LogP contribution in [0.5, 0.6) is 0 Å². The summed E-state index contributed by atoms with van der Waals surface area (Å²) in [7, 11) is 0. The first-order valence-electron chi connectivity index (χ1n) is 0.928. The van der Waals surface area contributed by atoms with E-state index >= 15 is 0 Å².